The van der Waals surface area contributed by atoms with E-state index in [0.717, 1.165) is 5.56 Å². The molecule has 0 unspecified atom stereocenters. The first kappa shape index (κ1) is 16.2. The van der Waals surface area contributed by atoms with Crippen LogP contribution in [0.3, 0.4) is 0 Å². The van der Waals surface area contributed by atoms with Gasteiger partial charge in [0.1, 0.15) is 11.6 Å². The molecule has 0 radical (unpaired) electrons. The van der Waals surface area contributed by atoms with Crippen LogP contribution in [-0.4, -0.2) is 30.1 Å². The molecule has 1 amide bonds. The van der Waals surface area contributed by atoms with Crippen LogP contribution in [0.15, 0.2) is 42.1 Å². The van der Waals surface area contributed by atoms with Crippen LogP contribution in [-0.2, 0) is 16.0 Å². The number of carboxylic acids is 1. The molecule has 0 aromatic heterocycles. The Labute approximate surface area is 123 Å². The fourth-order valence-electron chi connectivity index (χ4n) is 1.56. The third-order valence-electron chi connectivity index (χ3n) is 2.64. The smallest absolute Gasteiger partial charge is 0.305 e. The van der Waals surface area contributed by atoms with Crippen molar-refractivity contribution in [3.05, 3.63) is 47.7 Å². The van der Waals surface area contributed by atoms with Crippen LogP contribution in [0.2, 0.25) is 0 Å². The van der Waals surface area contributed by atoms with Gasteiger partial charge in [0.05, 0.1) is 6.42 Å². The number of nitriles is 1. The lowest BCUT2D eigenvalue weighted by molar-refractivity contribution is -0.136. The van der Waals surface area contributed by atoms with Gasteiger partial charge < -0.3 is 15.7 Å². The van der Waals surface area contributed by atoms with E-state index in [1.165, 1.54) is 6.20 Å². The lowest BCUT2D eigenvalue weighted by Crippen LogP contribution is -2.28. The molecule has 0 heterocycles. The Morgan fingerprint density at radius 3 is 2.57 bits per heavy atom. The van der Waals surface area contributed by atoms with E-state index in [0.29, 0.717) is 13.0 Å². The molecule has 6 heteroatoms. The van der Waals surface area contributed by atoms with E-state index in [1.54, 1.807) is 6.07 Å². The minimum Gasteiger partial charge on any atom is -0.481 e. The van der Waals surface area contributed by atoms with Crippen molar-refractivity contribution >= 4 is 11.9 Å². The van der Waals surface area contributed by atoms with Gasteiger partial charge in [0.2, 0.25) is 0 Å². The highest BCUT2D eigenvalue weighted by atomic mass is 16.4. The molecule has 21 heavy (non-hydrogen) atoms. The normalized spacial score (nSPS) is 10.5. The lowest BCUT2D eigenvalue weighted by Gasteiger charge is -2.05. The summed E-state index contributed by atoms with van der Waals surface area (Å²) in [6.45, 7) is 0.592. The molecule has 0 atom stereocenters. The summed E-state index contributed by atoms with van der Waals surface area (Å²) in [6.07, 6.45) is 1.84. The van der Waals surface area contributed by atoms with Gasteiger partial charge in [-0.2, -0.15) is 5.26 Å². The van der Waals surface area contributed by atoms with Gasteiger partial charge in [-0.1, -0.05) is 30.3 Å². The van der Waals surface area contributed by atoms with Gasteiger partial charge in [-0.25, -0.2) is 0 Å². The third-order valence-corrected chi connectivity index (χ3v) is 2.64. The van der Waals surface area contributed by atoms with Crippen LogP contribution in [0, 0.1) is 11.3 Å². The van der Waals surface area contributed by atoms with Gasteiger partial charge in [0.25, 0.3) is 5.91 Å². The monoisotopic (exact) mass is 287 g/mol. The Hall–Kier alpha value is -2.81. The summed E-state index contributed by atoms with van der Waals surface area (Å²) >= 11 is 0. The zero-order chi connectivity index (χ0) is 15.5. The predicted octanol–water partition coefficient (Wildman–Crippen LogP) is 0.817. The van der Waals surface area contributed by atoms with E-state index in [2.05, 4.69) is 10.6 Å². The molecule has 0 saturated heterocycles. The van der Waals surface area contributed by atoms with E-state index >= 15 is 0 Å². The maximum atomic E-state index is 11.7. The molecule has 1 aromatic rings. The quantitative estimate of drug-likeness (QED) is 0.373. The van der Waals surface area contributed by atoms with Gasteiger partial charge in [0, 0.05) is 19.3 Å². The Balaban J connectivity index is 2.36. The molecule has 0 bridgehead atoms. The summed E-state index contributed by atoms with van der Waals surface area (Å²) in [6, 6.07) is 11.5. The van der Waals surface area contributed by atoms with Gasteiger partial charge in [-0.15, -0.1) is 0 Å². The topological polar surface area (TPSA) is 102 Å². The van der Waals surface area contributed by atoms with Crippen molar-refractivity contribution in [3.63, 3.8) is 0 Å². The second-order valence-corrected chi connectivity index (χ2v) is 4.26. The largest absolute Gasteiger partial charge is 0.481 e. The zero-order valence-corrected chi connectivity index (χ0v) is 11.5. The predicted molar refractivity (Wildman–Crippen MR) is 77.1 cm³/mol. The van der Waals surface area contributed by atoms with Gasteiger partial charge >= 0.3 is 5.97 Å². The van der Waals surface area contributed by atoms with E-state index in [9.17, 15) is 9.59 Å². The van der Waals surface area contributed by atoms with Crippen molar-refractivity contribution in [2.24, 2.45) is 0 Å². The molecule has 0 aliphatic rings. The molecule has 0 spiro atoms. The fraction of sp³-hybridized carbons (Fsp3) is 0.267. The Morgan fingerprint density at radius 2 is 1.95 bits per heavy atom. The SMILES string of the molecule is N#C/C(=C/NCCC(=O)O)C(=O)NCCc1ccccc1. The van der Waals surface area contributed by atoms with E-state index in [4.69, 9.17) is 10.4 Å². The summed E-state index contributed by atoms with van der Waals surface area (Å²) < 4.78 is 0. The lowest BCUT2D eigenvalue weighted by atomic mass is 10.1. The second kappa shape index (κ2) is 9.15. The number of carbonyl (C=O) groups excluding carboxylic acids is 1. The zero-order valence-electron chi connectivity index (χ0n) is 11.5. The first-order valence-electron chi connectivity index (χ1n) is 6.51. The number of amides is 1. The number of nitrogens with zero attached hydrogens (tertiary/aromatic N) is 1. The van der Waals surface area contributed by atoms with Crippen molar-refractivity contribution in [2.45, 2.75) is 12.8 Å². The third kappa shape index (κ3) is 6.78. The highest BCUT2D eigenvalue weighted by Gasteiger charge is 2.07. The molecule has 0 saturated carbocycles. The number of rotatable bonds is 8. The number of benzene rings is 1. The second-order valence-electron chi connectivity index (χ2n) is 4.26. The van der Waals surface area contributed by atoms with Crippen LogP contribution in [0.25, 0.3) is 0 Å². The molecule has 1 aromatic carbocycles. The Morgan fingerprint density at radius 1 is 1.24 bits per heavy atom. The fourth-order valence-corrected chi connectivity index (χ4v) is 1.56. The summed E-state index contributed by atoms with van der Waals surface area (Å²) in [5, 5.41) is 22.6. The first-order valence-corrected chi connectivity index (χ1v) is 6.51. The Kier molecular flexibility index (Phi) is 7.08. The minimum atomic E-state index is -0.943. The molecular weight excluding hydrogens is 270 g/mol. The van der Waals surface area contributed by atoms with Crippen LogP contribution in [0.5, 0.6) is 0 Å². The van der Waals surface area contributed by atoms with Crippen molar-refractivity contribution in [1.82, 2.24) is 10.6 Å². The summed E-state index contributed by atoms with van der Waals surface area (Å²) in [7, 11) is 0. The number of hydrogen-bond acceptors (Lipinski definition) is 4. The first-order chi connectivity index (χ1) is 10.1. The number of carboxylic acid groups (broad SMARTS) is 1. The number of hydrogen-bond donors (Lipinski definition) is 3. The molecule has 0 aliphatic heterocycles. The van der Waals surface area contributed by atoms with Crippen LogP contribution in [0.4, 0.5) is 0 Å². The molecular formula is C15H17N3O3. The van der Waals surface area contributed by atoms with Gasteiger partial charge in [-0.3, -0.25) is 9.59 Å². The van der Waals surface area contributed by atoms with Crippen LogP contribution >= 0.6 is 0 Å². The Bertz CT molecular complexity index is 547. The molecule has 1 rings (SSSR count). The van der Waals surface area contributed by atoms with Crippen molar-refractivity contribution in [3.8, 4) is 6.07 Å². The minimum absolute atomic E-state index is 0.0755. The van der Waals surface area contributed by atoms with Gasteiger partial charge in [-0.05, 0) is 12.0 Å². The average Bonchev–Trinajstić information content (AvgIpc) is 2.48. The molecule has 110 valence electrons. The highest BCUT2D eigenvalue weighted by Crippen LogP contribution is 1.98. The maximum Gasteiger partial charge on any atom is 0.305 e. The highest BCUT2D eigenvalue weighted by molar-refractivity contribution is 5.97. The van der Waals surface area contributed by atoms with Gasteiger partial charge in [0.15, 0.2) is 0 Å². The van der Waals surface area contributed by atoms with Crippen LogP contribution < -0.4 is 10.6 Å². The average molecular weight is 287 g/mol. The van der Waals surface area contributed by atoms with E-state index in [1.807, 2.05) is 30.3 Å². The molecule has 0 aliphatic carbocycles. The standard InChI is InChI=1S/C15H17N3O3/c16-10-13(11-17-8-7-14(19)20)15(21)18-9-6-12-4-2-1-3-5-12/h1-5,11,17H,6-9H2,(H,18,21)(H,19,20)/b13-11-. The number of carbonyl (C=O) groups is 2. The molecule has 3 N–H and O–H groups in total. The summed E-state index contributed by atoms with van der Waals surface area (Å²) in [5.74, 6) is -1.42. The summed E-state index contributed by atoms with van der Waals surface area (Å²) in [4.78, 5) is 22.1. The number of nitrogens with one attached hydrogen (secondary N) is 2. The van der Waals surface area contributed by atoms with Crippen molar-refractivity contribution in [2.75, 3.05) is 13.1 Å². The molecule has 6 nitrogen and oxygen atoms in total. The van der Waals surface area contributed by atoms with E-state index < -0.39 is 11.9 Å². The van der Waals surface area contributed by atoms with Crippen molar-refractivity contribution in [1.29, 1.82) is 5.26 Å². The number of aliphatic carboxylic acids is 1. The summed E-state index contributed by atoms with van der Waals surface area (Å²) in [5.41, 5.74) is 1.02. The maximum absolute atomic E-state index is 11.7. The molecule has 0 fully saturated rings. The van der Waals surface area contributed by atoms with Crippen LogP contribution in [0.1, 0.15) is 12.0 Å². The van der Waals surface area contributed by atoms with E-state index in [-0.39, 0.29) is 18.5 Å². The van der Waals surface area contributed by atoms with Crippen molar-refractivity contribution < 1.29 is 14.7 Å².